The van der Waals surface area contributed by atoms with E-state index >= 15 is 0 Å². The van der Waals surface area contributed by atoms with Gasteiger partial charge in [0.15, 0.2) is 0 Å². The zero-order valence-corrected chi connectivity index (χ0v) is 9.96. The van der Waals surface area contributed by atoms with E-state index in [0.29, 0.717) is 10.7 Å². The van der Waals surface area contributed by atoms with Crippen molar-refractivity contribution in [1.82, 2.24) is 0 Å². The van der Waals surface area contributed by atoms with Crippen molar-refractivity contribution in [3.05, 3.63) is 35.4 Å². The van der Waals surface area contributed by atoms with Crippen LogP contribution in [0.15, 0.2) is 24.3 Å². The van der Waals surface area contributed by atoms with Crippen molar-refractivity contribution < 1.29 is 4.74 Å². The van der Waals surface area contributed by atoms with Gasteiger partial charge in [-0.1, -0.05) is 40.2 Å². The summed E-state index contributed by atoms with van der Waals surface area (Å²) in [6.45, 7) is 0.862. The average Bonchev–Trinajstić information content (AvgIpc) is 2.54. The van der Waals surface area contributed by atoms with Gasteiger partial charge in [-0.05, 0) is 29.9 Å². The van der Waals surface area contributed by atoms with E-state index in [9.17, 15) is 0 Å². The molecule has 0 aliphatic heterocycles. The van der Waals surface area contributed by atoms with E-state index < -0.39 is 0 Å². The van der Waals surface area contributed by atoms with Gasteiger partial charge in [-0.2, -0.15) is 0 Å². The number of ether oxygens (including phenoxy) is 1. The summed E-state index contributed by atoms with van der Waals surface area (Å²) >= 11 is 3.78. The highest BCUT2D eigenvalue weighted by Crippen LogP contribution is 2.43. The Morgan fingerprint density at radius 3 is 2.93 bits per heavy atom. The van der Waals surface area contributed by atoms with Crippen LogP contribution < -0.4 is 0 Å². The fourth-order valence-corrected chi connectivity index (χ4v) is 3.04. The summed E-state index contributed by atoms with van der Waals surface area (Å²) < 4.78 is 5.13. The maximum Gasteiger partial charge on any atom is 0.0465 e. The van der Waals surface area contributed by atoms with Crippen LogP contribution in [0.1, 0.15) is 22.4 Å². The monoisotopic (exact) mass is 254 g/mol. The third kappa shape index (κ3) is 1.86. The SMILES string of the molecule is COCCC1Cc2ccccc2C1Br. The van der Waals surface area contributed by atoms with Gasteiger partial charge in [-0.25, -0.2) is 0 Å². The van der Waals surface area contributed by atoms with E-state index in [1.54, 1.807) is 7.11 Å². The highest BCUT2D eigenvalue weighted by atomic mass is 79.9. The molecule has 1 aromatic rings. The van der Waals surface area contributed by atoms with Crippen molar-refractivity contribution in [2.45, 2.75) is 17.7 Å². The van der Waals surface area contributed by atoms with Crippen molar-refractivity contribution in [2.24, 2.45) is 5.92 Å². The molecule has 1 aliphatic carbocycles. The Balaban J connectivity index is 2.09. The van der Waals surface area contributed by atoms with Gasteiger partial charge in [-0.3, -0.25) is 0 Å². The van der Waals surface area contributed by atoms with Crippen molar-refractivity contribution in [2.75, 3.05) is 13.7 Å². The molecular weight excluding hydrogens is 240 g/mol. The molecule has 0 radical (unpaired) electrons. The Morgan fingerprint density at radius 1 is 1.43 bits per heavy atom. The zero-order chi connectivity index (χ0) is 9.97. The zero-order valence-electron chi connectivity index (χ0n) is 8.37. The Morgan fingerprint density at radius 2 is 2.21 bits per heavy atom. The topological polar surface area (TPSA) is 9.23 Å². The predicted octanol–water partition coefficient (Wildman–Crippen LogP) is 3.33. The molecule has 2 unspecified atom stereocenters. The van der Waals surface area contributed by atoms with Crippen LogP contribution in [0.3, 0.4) is 0 Å². The summed E-state index contributed by atoms with van der Waals surface area (Å²) in [5.74, 6) is 0.701. The number of benzene rings is 1. The smallest absolute Gasteiger partial charge is 0.0465 e. The molecule has 2 heteroatoms. The Bertz CT molecular complexity index is 311. The summed E-state index contributed by atoms with van der Waals surface area (Å²) in [6.07, 6.45) is 2.33. The van der Waals surface area contributed by atoms with E-state index in [0.717, 1.165) is 13.0 Å². The van der Waals surface area contributed by atoms with Crippen LogP contribution >= 0.6 is 15.9 Å². The minimum atomic E-state index is 0.522. The second-order valence-corrected chi connectivity index (χ2v) is 4.83. The Kier molecular flexibility index (Phi) is 3.24. The lowest BCUT2D eigenvalue weighted by atomic mass is 10.0. The number of alkyl halides is 1. The van der Waals surface area contributed by atoms with Gasteiger partial charge >= 0.3 is 0 Å². The lowest BCUT2D eigenvalue weighted by Gasteiger charge is -2.13. The molecule has 0 saturated carbocycles. The predicted molar refractivity (Wildman–Crippen MR) is 61.8 cm³/mol. The molecule has 0 amide bonds. The minimum absolute atomic E-state index is 0.522. The lowest BCUT2D eigenvalue weighted by Crippen LogP contribution is -2.05. The van der Waals surface area contributed by atoms with E-state index in [1.807, 2.05) is 0 Å². The molecule has 0 bridgehead atoms. The van der Waals surface area contributed by atoms with Gasteiger partial charge in [0, 0.05) is 18.5 Å². The third-order valence-electron chi connectivity index (χ3n) is 2.94. The van der Waals surface area contributed by atoms with Crippen molar-refractivity contribution in [3.63, 3.8) is 0 Å². The van der Waals surface area contributed by atoms with Crippen LogP contribution in [0.2, 0.25) is 0 Å². The Labute approximate surface area is 93.6 Å². The summed E-state index contributed by atoms with van der Waals surface area (Å²) in [7, 11) is 1.77. The Hall–Kier alpha value is -0.340. The van der Waals surface area contributed by atoms with Gasteiger partial charge < -0.3 is 4.74 Å². The maximum absolute atomic E-state index is 5.13. The normalized spacial score (nSPS) is 25.0. The molecule has 0 spiro atoms. The fourth-order valence-electron chi connectivity index (χ4n) is 2.15. The first-order chi connectivity index (χ1) is 6.83. The molecule has 1 aliphatic rings. The van der Waals surface area contributed by atoms with Crippen molar-refractivity contribution >= 4 is 15.9 Å². The molecule has 0 N–H and O–H groups in total. The third-order valence-corrected chi connectivity index (χ3v) is 4.18. The largest absolute Gasteiger partial charge is 0.385 e. The van der Waals surface area contributed by atoms with E-state index in [4.69, 9.17) is 4.74 Å². The number of rotatable bonds is 3. The van der Waals surface area contributed by atoms with Crippen molar-refractivity contribution in [1.29, 1.82) is 0 Å². The van der Waals surface area contributed by atoms with Crippen molar-refractivity contribution in [3.8, 4) is 0 Å². The lowest BCUT2D eigenvalue weighted by molar-refractivity contribution is 0.178. The molecule has 14 heavy (non-hydrogen) atoms. The van der Waals surface area contributed by atoms with Gasteiger partial charge in [0.1, 0.15) is 0 Å². The standard InChI is InChI=1S/C12H15BrO/c1-14-7-6-10-8-9-4-2-3-5-11(9)12(10)13/h2-5,10,12H,6-8H2,1H3. The molecular formula is C12H15BrO. The van der Waals surface area contributed by atoms with Crippen LogP contribution in [-0.4, -0.2) is 13.7 Å². The molecule has 0 fully saturated rings. The highest BCUT2D eigenvalue weighted by Gasteiger charge is 2.29. The second-order valence-electron chi connectivity index (χ2n) is 3.85. The van der Waals surface area contributed by atoms with Gasteiger partial charge in [0.25, 0.3) is 0 Å². The maximum atomic E-state index is 5.13. The number of methoxy groups -OCH3 is 1. The number of hydrogen-bond donors (Lipinski definition) is 0. The van der Waals surface area contributed by atoms with E-state index in [-0.39, 0.29) is 0 Å². The van der Waals surface area contributed by atoms with E-state index in [2.05, 4.69) is 40.2 Å². The molecule has 0 saturated heterocycles. The summed E-state index contributed by atoms with van der Waals surface area (Å²) in [5, 5.41) is 0. The molecule has 0 aromatic heterocycles. The van der Waals surface area contributed by atoms with Crippen LogP contribution in [-0.2, 0) is 11.2 Å². The van der Waals surface area contributed by atoms with Gasteiger partial charge in [0.05, 0.1) is 0 Å². The molecule has 1 aromatic carbocycles. The van der Waals surface area contributed by atoms with Crippen LogP contribution in [0.25, 0.3) is 0 Å². The van der Waals surface area contributed by atoms with Gasteiger partial charge in [-0.15, -0.1) is 0 Å². The minimum Gasteiger partial charge on any atom is -0.385 e. The molecule has 76 valence electrons. The van der Waals surface area contributed by atoms with E-state index in [1.165, 1.54) is 17.5 Å². The van der Waals surface area contributed by atoms with Gasteiger partial charge in [0.2, 0.25) is 0 Å². The number of hydrogen-bond acceptors (Lipinski definition) is 1. The highest BCUT2D eigenvalue weighted by molar-refractivity contribution is 9.09. The first-order valence-corrected chi connectivity index (χ1v) is 5.95. The number of fused-ring (bicyclic) bond motifs is 1. The summed E-state index contributed by atoms with van der Waals surface area (Å²) in [4.78, 5) is 0.522. The van der Waals surface area contributed by atoms with Crippen LogP contribution in [0.4, 0.5) is 0 Å². The molecule has 2 atom stereocenters. The second kappa shape index (κ2) is 4.45. The molecule has 1 nitrogen and oxygen atoms in total. The number of halogens is 1. The molecule has 0 heterocycles. The van der Waals surface area contributed by atoms with Crippen LogP contribution in [0, 0.1) is 5.92 Å². The quantitative estimate of drug-likeness (QED) is 0.753. The summed E-state index contributed by atoms with van der Waals surface area (Å²) in [6, 6.07) is 8.70. The summed E-state index contributed by atoms with van der Waals surface area (Å²) in [5.41, 5.74) is 2.96. The fraction of sp³-hybridized carbons (Fsp3) is 0.500. The van der Waals surface area contributed by atoms with Crippen LogP contribution in [0.5, 0.6) is 0 Å². The first kappa shape index (κ1) is 10.2. The first-order valence-electron chi connectivity index (χ1n) is 5.03. The average molecular weight is 255 g/mol. The molecule has 2 rings (SSSR count).